The standard InChI is InChI=1S/C18H17ClN4O4S2/c1-27-15-8-7-11(10-12(15)19)20-18(24)14-5-3-9-23(14)29(25,26)16-6-2-4-13-17(16)22-28-21-13/h2,4,6-8,10,14H,3,5,9H2,1H3,(H,20,24)/t14-/m1/s1. The van der Waals surface area contributed by atoms with Crippen LogP contribution in [0.1, 0.15) is 12.8 Å². The fourth-order valence-electron chi connectivity index (χ4n) is 3.38. The third-order valence-electron chi connectivity index (χ3n) is 4.76. The van der Waals surface area contributed by atoms with Crippen molar-refractivity contribution in [3.05, 3.63) is 41.4 Å². The maximum absolute atomic E-state index is 13.3. The van der Waals surface area contributed by atoms with Crippen LogP contribution in [0.25, 0.3) is 11.0 Å². The van der Waals surface area contributed by atoms with Gasteiger partial charge in [-0.25, -0.2) is 8.42 Å². The van der Waals surface area contributed by atoms with E-state index in [9.17, 15) is 13.2 Å². The number of ether oxygens (including phenoxy) is 1. The maximum atomic E-state index is 13.3. The zero-order valence-electron chi connectivity index (χ0n) is 15.3. The minimum Gasteiger partial charge on any atom is -0.495 e. The summed E-state index contributed by atoms with van der Waals surface area (Å²) in [5, 5.41) is 3.10. The van der Waals surface area contributed by atoms with Crippen LogP contribution < -0.4 is 10.1 Å². The van der Waals surface area contributed by atoms with Crippen LogP contribution in [0.2, 0.25) is 5.02 Å². The van der Waals surface area contributed by atoms with Gasteiger partial charge < -0.3 is 10.1 Å². The quantitative estimate of drug-likeness (QED) is 0.638. The highest BCUT2D eigenvalue weighted by Gasteiger charge is 2.40. The van der Waals surface area contributed by atoms with Gasteiger partial charge in [-0.1, -0.05) is 17.7 Å². The van der Waals surface area contributed by atoms with Crippen molar-refractivity contribution >= 4 is 56.0 Å². The molecule has 2 aromatic carbocycles. The lowest BCUT2D eigenvalue weighted by molar-refractivity contribution is -0.119. The van der Waals surface area contributed by atoms with Crippen molar-refractivity contribution in [1.29, 1.82) is 0 Å². The van der Waals surface area contributed by atoms with Crippen molar-refractivity contribution in [2.45, 2.75) is 23.8 Å². The summed E-state index contributed by atoms with van der Waals surface area (Å²) >= 11 is 7.06. The molecule has 0 bridgehead atoms. The van der Waals surface area contributed by atoms with E-state index < -0.39 is 22.0 Å². The van der Waals surface area contributed by atoms with Gasteiger partial charge in [0.15, 0.2) is 0 Å². The number of rotatable bonds is 5. The molecule has 1 aromatic heterocycles. The molecule has 4 rings (SSSR count). The molecule has 1 saturated heterocycles. The first-order valence-electron chi connectivity index (χ1n) is 8.79. The first-order valence-corrected chi connectivity index (χ1v) is 11.3. The van der Waals surface area contributed by atoms with Gasteiger partial charge in [0.05, 0.1) is 23.9 Å². The molecule has 29 heavy (non-hydrogen) atoms. The molecule has 3 aromatic rings. The zero-order chi connectivity index (χ0) is 20.6. The number of hydrogen-bond donors (Lipinski definition) is 1. The summed E-state index contributed by atoms with van der Waals surface area (Å²) < 4.78 is 41.1. The predicted molar refractivity (Wildman–Crippen MR) is 111 cm³/mol. The van der Waals surface area contributed by atoms with Crippen molar-refractivity contribution < 1.29 is 17.9 Å². The van der Waals surface area contributed by atoms with Gasteiger partial charge in [0, 0.05) is 12.2 Å². The Morgan fingerprint density at radius 1 is 1.31 bits per heavy atom. The number of benzene rings is 2. The Labute approximate surface area is 176 Å². The maximum Gasteiger partial charge on any atom is 0.246 e. The van der Waals surface area contributed by atoms with E-state index in [1.54, 1.807) is 30.3 Å². The van der Waals surface area contributed by atoms with Crippen LogP contribution in [0.3, 0.4) is 0 Å². The van der Waals surface area contributed by atoms with Crippen molar-refractivity contribution in [3.8, 4) is 5.75 Å². The lowest BCUT2D eigenvalue weighted by atomic mass is 10.2. The number of carbonyl (C=O) groups excluding carboxylic acids is 1. The summed E-state index contributed by atoms with van der Waals surface area (Å²) in [6, 6.07) is 8.86. The third-order valence-corrected chi connectivity index (χ3v) is 7.54. The highest BCUT2D eigenvalue weighted by Crippen LogP contribution is 2.31. The summed E-state index contributed by atoms with van der Waals surface area (Å²) in [4.78, 5) is 12.9. The molecular weight excluding hydrogens is 436 g/mol. The average Bonchev–Trinajstić information content (AvgIpc) is 3.37. The van der Waals surface area contributed by atoms with Gasteiger partial charge in [-0.2, -0.15) is 13.1 Å². The van der Waals surface area contributed by atoms with Gasteiger partial charge in [-0.05, 0) is 43.2 Å². The minimum atomic E-state index is -3.91. The van der Waals surface area contributed by atoms with Gasteiger partial charge in [-0.3, -0.25) is 4.79 Å². The molecular formula is C18H17ClN4O4S2. The highest BCUT2D eigenvalue weighted by molar-refractivity contribution is 7.89. The number of aromatic nitrogens is 2. The monoisotopic (exact) mass is 452 g/mol. The topological polar surface area (TPSA) is 101 Å². The van der Waals surface area contributed by atoms with Crippen LogP contribution >= 0.6 is 23.3 Å². The van der Waals surface area contributed by atoms with E-state index in [2.05, 4.69) is 14.1 Å². The molecule has 8 nitrogen and oxygen atoms in total. The Kier molecular flexibility index (Phi) is 5.43. The number of sulfonamides is 1. The Balaban J connectivity index is 1.61. The fourth-order valence-corrected chi connectivity index (χ4v) is 6.04. The first kappa shape index (κ1) is 20.0. The summed E-state index contributed by atoms with van der Waals surface area (Å²) in [5.74, 6) is 0.0792. The van der Waals surface area contributed by atoms with E-state index in [-0.39, 0.29) is 11.4 Å². The Bertz CT molecular complexity index is 1180. The second-order valence-corrected chi connectivity index (χ2v) is 9.30. The molecule has 1 fully saturated rings. The molecule has 1 amide bonds. The van der Waals surface area contributed by atoms with E-state index in [1.165, 1.54) is 17.5 Å². The lowest BCUT2D eigenvalue weighted by Crippen LogP contribution is -2.43. The second-order valence-electron chi connectivity index (χ2n) is 6.50. The van der Waals surface area contributed by atoms with Gasteiger partial charge in [0.25, 0.3) is 0 Å². The van der Waals surface area contributed by atoms with Crippen LogP contribution in [0.15, 0.2) is 41.3 Å². The van der Waals surface area contributed by atoms with Gasteiger partial charge in [0.1, 0.15) is 27.7 Å². The SMILES string of the molecule is COc1ccc(NC(=O)[C@H]2CCCN2S(=O)(=O)c2cccc3nsnc23)cc1Cl. The molecule has 0 spiro atoms. The van der Waals surface area contributed by atoms with Crippen LogP contribution in [0, 0.1) is 0 Å². The van der Waals surface area contributed by atoms with Gasteiger partial charge in [-0.15, -0.1) is 0 Å². The van der Waals surface area contributed by atoms with Crippen LogP contribution in [-0.2, 0) is 14.8 Å². The zero-order valence-corrected chi connectivity index (χ0v) is 17.7. The molecule has 0 aliphatic carbocycles. The van der Waals surface area contributed by atoms with E-state index in [4.69, 9.17) is 16.3 Å². The molecule has 0 unspecified atom stereocenters. The van der Waals surface area contributed by atoms with E-state index >= 15 is 0 Å². The summed E-state index contributed by atoms with van der Waals surface area (Å²) in [6.07, 6.45) is 1.02. The van der Waals surface area contributed by atoms with E-state index in [0.717, 1.165) is 11.7 Å². The molecule has 1 aliphatic rings. The number of methoxy groups -OCH3 is 1. The van der Waals surface area contributed by atoms with Crippen molar-refractivity contribution in [3.63, 3.8) is 0 Å². The molecule has 0 radical (unpaired) electrons. The van der Waals surface area contributed by atoms with E-state index in [1.807, 2.05) is 0 Å². The molecule has 2 heterocycles. The summed E-state index contributed by atoms with van der Waals surface area (Å²) in [6.45, 7) is 0.262. The number of amides is 1. The molecule has 1 N–H and O–H groups in total. The summed E-state index contributed by atoms with van der Waals surface area (Å²) in [5.41, 5.74) is 1.31. The van der Waals surface area contributed by atoms with E-state index in [0.29, 0.717) is 40.3 Å². The van der Waals surface area contributed by atoms with Crippen LogP contribution in [-0.4, -0.2) is 47.1 Å². The number of fused-ring (bicyclic) bond motifs is 1. The van der Waals surface area contributed by atoms with Crippen LogP contribution in [0.4, 0.5) is 5.69 Å². The number of halogens is 1. The average molecular weight is 453 g/mol. The molecule has 1 atom stereocenters. The molecule has 0 saturated carbocycles. The Morgan fingerprint density at radius 3 is 2.90 bits per heavy atom. The number of nitrogens with zero attached hydrogens (tertiary/aromatic N) is 3. The normalized spacial score (nSPS) is 17.5. The fraction of sp³-hybridized carbons (Fsp3) is 0.278. The minimum absolute atomic E-state index is 0.0657. The highest BCUT2D eigenvalue weighted by atomic mass is 35.5. The number of nitrogens with one attached hydrogen (secondary N) is 1. The van der Waals surface area contributed by atoms with Gasteiger partial charge in [0.2, 0.25) is 15.9 Å². The largest absolute Gasteiger partial charge is 0.495 e. The molecule has 1 aliphatic heterocycles. The Morgan fingerprint density at radius 2 is 2.14 bits per heavy atom. The van der Waals surface area contributed by atoms with Crippen LogP contribution in [0.5, 0.6) is 5.75 Å². The third kappa shape index (κ3) is 3.68. The number of hydrogen-bond acceptors (Lipinski definition) is 7. The Hall–Kier alpha value is -2.27. The number of carbonyl (C=O) groups is 1. The summed E-state index contributed by atoms with van der Waals surface area (Å²) in [7, 11) is -2.41. The second kappa shape index (κ2) is 7.86. The predicted octanol–water partition coefficient (Wildman–Crippen LogP) is 3.15. The smallest absolute Gasteiger partial charge is 0.246 e. The van der Waals surface area contributed by atoms with Crippen molar-refractivity contribution in [2.75, 3.05) is 19.0 Å². The molecule has 11 heteroatoms. The first-order chi connectivity index (χ1) is 13.9. The lowest BCUT2D eigenvalue weighted by Gasteiger charge is -2.23. The van der Waals surface area contributed by atoms with Crippen molar-refractivity contribution in [1.82, 2.24) is 13.1 Å². The van der Waals surface area contributed by atoms with Crippen molar-refractivity contribution in [2.24, 2.45) is 0 Å². The molecule has 152 valence electrons. The number of anilines is 1. The van der Waals surface area contributed by atoms with Gasteiger partial charge >= 0.3 is 0 Å².